The van der Waals surface area contributed by atoms with Crippen LogP contribution < -0.4 is 9.64 Å². The highest BCUT2D eigenvalue weighted by molar-refractivity contribution is 6.30. The van der Waals surface area contributed by atoms with Crippen molar-refractivity contribution in [3.8, 4) is 5.75 Å². The predicted molar refractivity (Wildman–Crippen MR) is 115 cm³/mol. The van der Waals surface area contributed by atoms with Gasteiger partial charge in [-0.1, -0.05) is 11.6 Å². The summed E-state index contributed by atoms with van der Waals surface area (Å²) in [6.45, 7) is 2.27. The molecule has 164 valence electrons. The molecule has 3 aliphatic rings. The molecule has 6 nitrogen and oxygen atoms in total. The van der Waals surface area contributed by atoms with Gasteiger partial charge in [-0.3, -0.25) is 4.90 Å². The van der Waals surface area contributed by atoms with Crippen molar-refractivity contribution in [3.05, 3.63) is 58.4 Å². The van der Waals surface area contributed by atoms with Crippen LogP contribution in [0.4, 0.5) is 10.1 Å². The number of anilines is 1. The number of benzene rings is 2. The fourth-order valence-electron chi connectivity index (χ4n) is 5.22. The van der Waals surface area contributed by atoms with Crippen LogP contribution in [0.5, 0.6) is 5.75 Å². The zero-order valence-electron chi connectivity index (χ0n) is 16.9. The molecule has 2 aromatic carbocycles. The van der Waals surface area contributed by atoms with E-state index in [4.69, 9.17) is 16.3 Å². The molecule has 0 aliphatic carbocycles. The van der Waals surface area contributed by atoms with Crippen molar-refractivity contribution in [1.82, 2.24) is 4.90 Å². The molecule has 0 amide bonds. The van der Waals surface area contributed by atoms with E-state index in [0.29, 0.717) is 17.3 Å². The fourth-order valence-corrected chi connectivity index (χ4v) is 5.41. The van der Waals surface area contributed by atoms with Gasteiger partial charge < -0.3 is 19.8 Å². The number of carbonyl (C=O) groups is 1. The summed E-state index contributed by atoms with van der Waals surface area (Å²) in [6, 6.07) is 9.26. The number of ether oxygens (including phenoxy) is 1. The van der Waals surface area contributed by atoms with Gasteiger partial charge >= 0.3 is 5.97 Å². The molecule has 1 unspecified atom stereocenters. The Hall–Kier alpha value is -2.35. The van der Waals surface area contributed by atoms with Gasteiger partial charge in [-0.05, 0) is 42.0 Å². The second-order valence-electron chi connectivity index (χ2n) is 8.76. The van der Waals surface area contributed by atoms with Crippen LogP contribution in [0, 0.1) is 5.82 Å². The second-order valence-corrected chi connectivity index (χ2v) is 9.19. The van der Waals surface area contributed by atoms with Crippen molar-refractivity contribution >= 4 is 23.3 Å². The highest BCUT2D eigenvalue weighted by Gasteiger charge is 2.45. The Morgan fingerprint density at radius 2 is 1.94 bits per heavy atom. The molecule has 1 spiro atoms. The Kier molecular flexibility index (Phi) is 5.07. The first-order chi connectivity index (χ1) is 14.8. The van der Waals surface area contributed by atoms with Crippen LogP contribution in [0.2, 0.25) is 5.02 Å². The number of nitrogens with zero attached hydrogens (tertiary/aromatic N) is 2. The Morgan fingerprint density at radius 1 is 1.16 bits per heavy atom. The molecule has 8 heteroatoms. The number of piperidine rings is 1. The topological polar surface area (TPSA) is 73.2 Å². The average molecular weight is 447 g/mol. The maximum absolute atomic E-state index is 13.8. The van der Waals surface area contributed by atoms with Crippen LogP contribution in [-0.4, -0.2) is 65.0 Å². The molecule has 3 heterocycles. The molecular weight excluding hydrogens is 423 g/mol. The number of likely N-dealkylation sites (tertiary alicyclic amines) is 1. The van der Waals surface area contributed by atoms with E-state index >= 15 is 0 Å². The van der Waals surface area contributed by atoms with Crippen LogP contribution in [0.1, 0.15) is 28.8 Å². The molecule has 2 saturated heterocycles. The Bertz CT molecular complexity index is 1020. The number of hydrogen-bond donors (Lipinski definition) is 2. The van der Waals surface area contributed by atoms with Crippen LogP contribution in [-0.2, 0) is 6.42 Å². The zero-order chi connectivity index (χ0) is 21.8. The first kappa shape index (κ1) is 20.5. The summed E-state index contributed by atoms with van der Waals surface area (Å²) in [4.78, 5) is 15.6. The molecule has 0 saturated carbocycles. The molecule has 0 radical (unpaired) electrons. The van der Waals surface area contributed by atoms with Crippen LogP contribution in [0.3, 0.4) is 0 Å². The lowest BCUT2D eigenvalue weighted by Crippen LogP contribution is -2.53. The number of aromatic carboxylic acids is 1. The molecule has 2 atom stereocenters. The smallest absolute Gasteiger partial charge is 0.337 e. The summed E-state index contributed by atoms with van der Waals surface area (Å²) in [6.07, 6.45) is 1.87. The van der Waals surface area contributed by atoms with Crippen LogP contribution in [0.15, 0.2) is 36.4 Å². The number of halogens is 2. The number of fused-ring (bicyclic) bond motifs is 1. The Labute approximate surface area is 184 Å². The van der Waals surface area contributed by atoms with E-state index in [2.05, 4.69) is 4.90 Å². The van der Waals surface area contributed by atoms with Gasteiger partial charge in [-0.2, -0.15) is 0 Å². The van der Waals surface area contributed by atoms with Gasteiger partial charge in [0.25, 0.3) is 0 Å². The minimum absolute atomic E-state index is 0.0441. The lowest BCUT2D eigenvalue weighted by atomic mass is 9.86. The number of hydrogen-bond acceptors (Lipinski definition) is 5. The lowest BCUT2D eigenvalue weighted by molar-refractivity contribution is -0.0107. The van der Waals surface area contributed by atoms with Gasteiger partial charge in [0, 0.05) is 50.5 Å². The minimum atomic E-state index is -1.11. The van der Waals surface area contributed by atoms with Crippen molar-refractivity contribution in [1.29, 1.82) is 0 Å². The number of aliphatic hydroxyl groups is 1. The van der Waals surface area contributed by atoms with Crippen molar-refractivity contribution in [3.63, 3.8) is 0 Å². The van der Waals surface area contributed by atoms with Crippen molar-refractivity contribution in [2.75, 3.05) is 31.1 Å². The summed E-state index contributed by atoms with van der Waals surface area (Å²) in [5.74, 6) is -0.695. The van der Waals surface area contributed by atoms with E-state index in [-0.39, 0.29) is 23.8 Å². The first-order valence-electron chi connectivity index (χ1n) is 10.5. The van der Waals surface area contributed by atoms with E-state index in [9.17, 15) is 19.4 Å². The lowest BCUT2D eigenvalue weighted by Gasteiger charge is -2.41. The van der Waals surface area contributed by atoms with Crippen molar-refractivity contribution in [2.24, 2.45) is 0 Å². The monoisotopic (exact) mass is 446 g/mol. The molecule has 2 N–H and O–H groups in total. The number of carboxylic acids is 1. The third-order valence-electron chi connectivity index (χ3n) is 6.83. The predicted octanol–water partition coefficient (Wildman–Crippen LogP) is 3.20. The zero-order valence-corrected chi connectivity index (χ0v) is 17.7. The first-order valence-corrected chi connectivity index (χ1v) is 10.9. The summed E-state index contributed by atoms with van der Waals surface area (Å²) in [5.41, 5.74) is 1.27. The largest absolute Gasteiger partial charge is 0.487 e. The number of aliphatic hydroxyl groups excluding tert-OH is 1. The molecule has 0 aromatic heterocycles. The number of rotatable bonds is 3. The van der Waals surface area contributed by atoms with E-state index in [1.165, 1.54) is 12.1 Å². The molecule has 2 aromatic rings. The maximum atomic E-state index is 13.8. The SMILES string of the molecule is O=C(O)c1ccc(F)cc1N1CC(N2CCC3(CC2)Cc2cc(Cl)ccc2O3)[C@H](O)C1. The van der Waals surface area contributed by atoms with Gasteiger partial charge in [0.05, 0.1) is 23.4 Å². The van der Waals surface area contributed by atoms with Gasteiger partial charge in [-0.25, -0.2) is 9.18 Å². The molecule has 5 rings (SSSR count). The molecule has 31 heavy (non-hydrogen) atoms. The van der Waals surface area contributed by atoms with E-state index in [1.54, 1.807) is 4.90 Å². The van der Waals surface area contributed by atoms with Crippen LogP contribution in [0.25, 0.3) is 0 Å². The number of carboxylic acid groups (broad SMARTS) is 1. The van der Waals surface area contributed by atoms with Crippen molar-refractivity contribution < 1.29 is 24.1 Å². The van der Waals surface area contributed by atoms with Crippen LogP contribution >= 0.6 is 11.6 Å². The summed E-state index contributed by atoms with van der Waals surface area (Å²) in [5, 5.41) is 20.9. The van der Waals surface area contributed by atoms with Gasteiger partial charge in [0.1, 0.15) is 17.2 Å². The summed E-state index contributed by atoms with van der Waals surface area (Å²) < 4.78 is 20.1. The van der Waals surface area contributed by atoms with Gasteiger partial charge in [0.2, 0.25) is 0 Å². The summed E-state index contributed by atoms with van der Waals surface area (Å²) >= 11 is 6.12. The fraction of sp³-hybridized carbons (Fsp3) is 0.435. The Balaban J connectivity index is 1.27. The summed E-state index contributed by atoms with van der Waals surface area (Å²) in [7, 11) is 0. The quantitative estimate of drug-likeness (QED) is 0.754. The third-order valence-corrected chi connectivity index (χ3v) is 7.06. The third kappa shape index (κ3) is 3.75. The molecule has 2 fully saturated rings. The van der Waals surface area contributed by atoms with E-state index in [0.717, 1.165) is 49.7 Å². The maximum Gasteiger partial charge on any atom is 0.337 e. The molecule has 3 aliphatic heterocycles. The normalized spacial score (nSPS) is 24.9. The average Bonchev–Trinajstić information content (AvgIpc) is 3.28. The van der Waals surface area contributed by atoms with E-state index < -0.39 is 17.9 Å². The van der Waals surface area contributed by atoms with E-state index in [1.807, 2.05) is 18.2 Å². The second kappa shape index (κ2) is 7.65. The standard InChI is InChI=1S/C23H24ClFN2O4/c24-15-1-4-21-14(9-15)11-23(31-21)5-7-26(8-6-23)19-12-27(13-20(19)28)18-10-16(25)2-3-17(18)22(29)30/h1-4,9-10,19-20,28H,5-8,11-13H2,(H,29,30)/t19?,20-/m1/s1. The Morgan fingerprint density at radius 3 is 2.68 bits per heavy atom. The molecule has 0 bridgehead atoms. The van der Waals surface area contributed by atoms with Gasteiger partial charge in [-0.15, -0.1) is 0 Å². The van der Waals surface area contributed by atoms with Gasteiger partial charge in [0.15, 0.2) is 0 Å². The van der Waals surface area contributed by atoms with Crippen molar-refractivity contribution in [2.45, 2.75) is 37.0 Å². The minimum Gasteiger partial charge on any atom is -0.487 e. The number of β-amino-alcohol motifs (C(OH)–C–C–N with tert-alkyl or cyclic N) is 1. The highest BCUT2D eigenvalue weighted by atomic mass is 35.5. The molecular formula is C23H24ClFN2O4. The highest BCUT2D eigenvalue weighted by Crippen LogP contribution is 2.42.